The molecule has 0 saturated carbocycles. The smallest absolute Gasteiger partial charge is 0.254 e. The number of nitrogens with one attached hydrogen (secondary N) is 1. The summed E-state index contributed by atoms with van der Waals surface area (Å²) in [5.74, 6) is -0.614. The van der Waals surface area contributed by atoms with Crippen LogP contribution in [0.3, 0.4) is 0 Å². The van der Waals surface area contributed by atoms with Gasteiger partial charge in [0, 0.05) is 17.8 Å². The zero-order valence-electron chi connectivity index (χ0n) is 16.9. The highest BCUT2D eigenvalue weighted by Crippen LogP contribution is 2.29. The van der Waals surface area contributed by atoms with Crippen molar-refractivity contribution in [2.75, 3.05) is 18.4 Å². The van der Waals surface area contributed by atoms with E-state index in [9.17, 15) is 9.59 Å². The predicted octanol–water partition coefficient (Wildman–Crippen LogP) is 4.90. The molecular formula is C22H22Cl2N4O2. The second kappa shape index (κ2) is 9.32. The molecule has 0 saturated heterocycles. The van der Waals surface area contributed by atoms with Crippen LogP contribution in [0.15, 0.2) is 48.5 Å². The van der Waals surface area contributed by atoms with Crippen LogP contribution in [-0.2, 0) is 4.79 Å². The molecule has 0 atom stereocenters. The van der Waals surface area contributed by atoms with Gasteiger partial charge in [-0.2, -0.15) is 5.10 Å². The molecule has 2 aromatic carbocycles. The molecule has 0 fully saturated rings. The Morgan fingerprint density at radius 1 is 1.07 bits per heavy atom. The third-order valence-electron chi connectivity index (χ3n) is 4.60. The van der Waals surface area contributed by atoms with Crippen LogP contribution in [0.2, 0.25) is 10.0 Å². The number of hydrogen-bond donors (Lipinski definition) is 1. The molecule has 8 heteroatoms. The highest BCUT2D eigenvalue weighted by atomic mass is 35.5. The van der Waals surface area contributed by atoms with Crippen molar-refractivity contribution in [3.63, 3.8) is 0 Å². The highest BCUT2D eigenvalue weighted by molar-refractivity contribution is 6.39. The Morgan fingerprint density at radius 2 is 1.70 bits per heavy atom. The van der Waals surface area contributed by atoms with Gasteiger partial charge in [-0.25, -0.2) is 4.68 Å². The van der Waals surface area contributed by atoms with Gasteiger partial charge in [0.2, 0.25) is 5.91 Å². The zero-order chi connectivity index (χ0) is 21.8. The normalized spacial score (nSPS) is 10.7. The fraction of sp³-hybridized carbons (Fsp3) is 0.227. The van der Waals surface area contributed by atoms with Gasteiger partial charge in [-0.3, -0.25) is 9.59 Å². The van der Waals surface area contributed by atoms with Crippen molar-refractivity contribution in [2.45, 2.75) is 20.8 Å². The molecule has 0 aliphatic carbocycles. The lowest BCUT2D eigenvalue weighted by Gasteiger charge is -2.21. The van der Waals surface area contributed by atoms with Crippen molar-refractivity contribution in [1.82, 2.24) is 14.7 Å². The van der Waals surface area contributed by atoms with E-state index in [2.05, 4.69) is 10.4 Å². The van der Waals surface area contributed by atoms with Crippen molar-refractivity contribution in [2.24, 2.45) is 0 Å². The molecular weight excluding hydrogens is 423 g/mol. The number of para-hydroxylation sites is 1. The lowest BCUT2D eigenvalue weighted by Crippen LogP contribution is -2.38. The number of rotatable bonds is 6. The summed E-state index contributed by atoms with van der Waals surface area (Å²) >= 11 is 12.2. The first kappa shape index (κ1) is 21.9. The lowest BCUT2D eigenvalue weighted by molar-refractivity contribution is -0.116. The van der Waals surface area contributed by atoms with Crippen LogP contribution < -0.4 is 5.32 Å². The molecule has 30 heavy (non-hydrogen) atoms. The third kappa shape index (κ3) is 4.83. The van der Waals surface area contributed by atoms with Crippen LogP contribution in [0.5, 0.6) is 0 Å². The Hall–Kier alpha value is -2.83. The number of amides is 2. The van der Waals surface area contributed by atoms with Crippen molar-refractivity contribution in [1.29, 1.82) is 0 Å². The molecule has 0 aliphatic heterocycles. The fourth-order valence-corrected chi connectivity index (χ4v) is 3.61. The van der Waals surface area contributed by atoms with Crippen LogP contribution >= 0.6 is 23.2 Å². The number of benzene rings is 2. The average Bonchev–Trinajstić information content (AvgIpc) is 3.06. The largest absolute Gasteiger partial charge is 0.330 e. The number of anilines is 1. The van der Waals surface area contributed by atoms with E-state index in [1.54, 1.807) is 30.3 Å². The summed E-state index contributed by atoms with van der Waals surface area (Å²) in [6.45, 7) is 5.98. The molecule has 1 heterocycles. The molecule has 0 spiro atoms. The van der Waals surface area contributed by atoms with Gasteiger partial charge in [-0.1, -0.05) is 29.3 Å². The second-order valence-electron chi connectivity index (χ2n) is 6.85. The Balaban J connectivity index is 1.71. The molecule has 6 nitrogen and oxygen atoms in total. The molecule has 0 unspecified atom stereocenters. The van der Waals surface area contributed by atoms with E-state index >= 15 is 0 Å². The van der Waals surface area contributed by atoms with Gasteiger partial charge in [0.15, 0.2) is 0 Å². The van der Waals surface area contributed by atoms with Crippen molar-refractivity contribution >= 4 is 40.7 Å². The van der Waals surface area contributed by atoms with Crippen LogP contribution in [0, 0.1) is 13.8 Å². The molecule has 1 aromatic heterocycles. The number of likely N-dealkylation sites (N-methyl/N-ethyl adjacent to an activating group) is 1. The van der Waals surface area contributed by atoms with Gasteiger partial charge in [0.25, 0.3) is 5.91 Å². The van der Waals surface area contributed by atoms with Crippen molar-refractivity contribution in [3.8, 4) is 5.69 Å². The van der Waals surface area contributed by atoms with E-state index in [4.69, 9.17) is 23.2 Å². The van der Waals surface area contributed by atoms with Crippen LogP contribution in [-0.4, -0.2) is 39.6 Å². The van der Waals surface area contributed by atoms with Gasteiger partial charge < -0.3 is 10.2 Å². The minimum Gasteiger partial charge on any atom is -0.330 e. The molecule has 3 rings (SSSR count). The number of aromatic nitrogens is 2. The minimum absolute atomic E-state index is 0.115. The van der Waals surface area contributed by atoms with E-state index in [1.807, 2.05) is 43.7 Å². The first-order valence-electron chi connectivity index (χ1n) is 9.47. The van der Waals surface area contributed by atoms with Gasteiger partial charge >= 0.3 is 0 Å². The molecule has 0 radical (unpaired) electrons. The molecule has 0 aliphatic rings. The standard InChI is InChI=1S/C22H22Cl2N4O2/c1-4-27(13-20(29)25-21-18(23)6-5-7-19(21)24)22(30)16-8-10-17(11-9-16)28-15(3)12-14(2)26-28/h5-12H,4,13H2,1-3H3,(H,25,29). The molecule has 3 aromatic rings. The number of carbonyl (C=O) groups is 2. The summed E-state index contributed by atoms with van der Waals surface area (Å²) < 4.78 is 1.82. The summed E-state index contributed by atoms with van der Waals surface area (Å²) in [6.07, 6.45) is 0. The Kier molecular flexibility index (Phi) is 6.80. The first-order chi connectivity index (χ1) is 14.3. The number of halogens is 2. The zero-order valence-corrected chi connectivity index (χ0v) is 18.5. The monoisotopic (exact) mass is 444 g/mol. The van der Waals surface area contributed by atoms with Crippen molar-refractivity contribution in [3.05, 3.63) is 75.5 Å². The average molecular weight is 445 g/mol. The minimum atomic E-state index is -0.375. The molecule has 0 bridgehead atoms. The van der Waals surface area contributed by atoms with Gasteiger partial charge in [0.05, 0.1) is 27.1 Å². The molecule has 156 valence electrons. The van der Waals surface area contributed by atoms with Crippen LogP contribution in [0.25, 0.3) is 5.69 Å². The van der Waals surface area contributed by atoms with E-state index in [0.29, 0.717) is 27.8 Å². The number of carbonyl (C=O) groups excluding carboxylic acids is 2. The highest BCUT2D eigenvalue weighted by Gasteiger charge is 2.19. The van der Waals surface area contributed by atoms with E-state index in [1.165, 1.54) is 4.90 Å². The maximum atomic E-state index is 12.9. The first-order valence-corrected chi connectivity index (χ1v) is 10.2. The van der Waals surface area contributed by atoms with Crippen LogP contribution in [0.4, 0.5) is 5.69 Å². The topological polar surface area (TPSA) is 67.2 Å². The van der Waals surface area contributed by atoms with E-state index < -0.39 is 0 Å². The van der Waals surface area contributed by atoms with Crippen LogP contribution in [0.1, 0.15) is 28.7 Å². The SMILES string of the molecule is CCN(CC(=O)Nc1c(Cl)cccc1Cl)C(=O)c1ccc(-n2nc(C)cc2C)cc1. The van der Waals surface area contributed by atoms with E-state index in [-0.39, 0.29) is 18.4 Å². The summed E-state index contributed by atoms with van der Waals surface area (Å²) in [5, 5.41) is 7.80. The Bertz CT molecular complexity index is 1060. The number of nitrogens with zero attached hydrogens (tertiary/aromatic N) is 3. The maximum absolute atomic E-state index is 12.9. The van der Waals surface area contributed by atoms with Gasteiger partial charge in [-0.05, 0) is 63.2 Å². The summed E-state index contributed by atoms with van der Waals surface area (Å²) in [6, 6.07) is 14.1. The quantitative estimate of drug-likeness (QED) is 0.587. The Labute approximate surface area is 185 Å². The summed E-state index contributed by atoms with van der Waals surface area (Å²) in [5.41, 5.74) is 3.63. The summed E-state index contributed by atoms with van der Waals surface area (Å²) in [4.78, 5) is 26.8. The fourth-order valence-electron chi connectivity index (χ4n) is 3.11. The third-order valence-corrected chi connectivity index (χ3v) is 5.23. The van der Waals surface area contributed by atoms with Crippen molar-refractivity contribution < 1.29 is 9.59 Å². The predicted molar refractivity (Wildman–Crippen MR) is 120 cm³/mol. The van der Waals surface area contributed by atoms with E-state index in [0.717, 1.165) is 17.1 Å². The number of hydrogen-bond acceptors (Lipinski definition) is 3. The Morgan fingerprint density at radius 3 is 2.23 bits per heavy atom. The summed E-state index contributed by atoms with van der Waals surface area (Å²) in [7, 11) is 0. The molecule has 2 amide bonds. The van der Waals surface area contributed by atoms with Gasteiger partial charge in [-0.15, -0.1) is 0 Å². The maximum Gasteiger partial charge on any atom is 0.254 e. The lowest BCUT2D eigenvalue weighted by atomic mass is 10.1. The molecule has 1 N–H and O–H groups in total. The second-order valence-corrected chi connectivity index (χ2v) is 7.66. The number of aryl methyl sites for hydroxylation is 2. The van der Waals surface area contributed by atoms with Gasteiger partial charge in [0.1, 0.15) is 6.54 Å².